The van der Waals surface area contributed by atoms with Crippen LogP contribution < -0.4 is 5.32 Å². The molecule has 19 heavy (non-hydrogen) atoms. The van der Waals surface area contributed by atoms with E-state index in [1.54, 1.807) is 17.3 Å². The lowest BCUT2D eigenvalue weighted by atomic mass is 10.0. The fraction of sp³-hybridized carbons (Fsp3) is 0.500. The number of carbonyl (C=O) groups excluding carboxylic acids is 2. The van der Waals surface area contributed by atoms with Gasteiger partial charge in [-0.3, -0.25) is 14.6 Å². The molecule has 1 aliphatic rings. The van der Waals surface area contributed by atoms with Gasteiger partial charge >= 0.3 is 0 Å². The van der Waals surface area contributed by atoms with Crippen LogP contribution >= 0.6 is 0 Å². The number of hydrogen-bond donors (Lipinski definition) is 1. The Bertz CT molecular complexity index is 461. The van der Waals surface area contributed by atoms with Crippen LogP contribution in [0.15, 0.2) is 24.5 Å². The molecule has 2 heterocycles. The van der Waals surface area contributed by atoms with E-state index in [9.17, 15) is 9.59 Å². The zero-order valence-corrected chi connectivity index (χ0v) is 11.3. The van der Waals surface area contributed by atoms with Gasteiger partial charge in [0.2, 0.25) is 11.8 Å². The molecule has 1 aromatic rings. The first-order valence-corrected chi connectivity index (χ1v) is 6.53. The summed E-state index contributed by atoms with van der Waals surface area (Å²) in [5, 5.41) is 2.88. The third-order valence-electron chi connectivity index (χ3n) is 3.56. The monoisotopic (exact) mass is 261 g/mol. The van der Waals surface area contributed by atoms with Gasteiger partial charge in [-0.25, -0.2) is 0 Å². The van der Waals surface area contributed by atoms with Crippen LogP contribution in [0.2, 0.25) is 0 Å². The second-order valence-electron chi connectivity index (χ2n) is 5.00. The van der Waals surface area contributed by atoms with Crippen molar-refractivity contribution in [1.29, 1.82) is 0 Å². The number of nitrogens with zero attached hydrogens (tertiary/aromatic N) is 2. The summed E-state index contributed by atoms with van der Waals surface area (Å²) < 4.78 is 0. The predicted octanol–water partition coefficient (Wildman–Crippen LogP) is 0.955. The number of rotatable bonds is 3. The van der Waals surface area contributed by atoms with Crippen molar-refractivity contribution in [3.63, 3.8) is 0 Å². The number of aromatic nitrogens is 1. The van der Waals surface area contributed by atoms with Gasteiger partial charge in [0.15, 0.2) is 0 Å². The van der Waals surface area contributed by atoms with Crippen LogP contribution in [-0.2, 0) is 16.1 Å². The highest BCUT2D eigenvalue weighted by molar-refractivity contribution is 5.87. The SMILES string of the molecule is CC(=O)N1CC[C@H](C)C1C(=O)NCc1cccnc1. The van der Waals surface area contributed by atoms with Crippen LogP contribution in [-0.4, -0.2) is 34.3 Å². The number of pyridine rings is 1. The normalized spacial score (nSPS) is 22.3. The molecule has 0 bridgehead atoms. The van der Waals surface area contributed by atoms with Gasteiger partial charge in [-0.15, -0.1) is 0 Å². The van der Waals surface area contributed by atoms with Gasteiger partial charge in [0.25, 0.3) is 0 Å². The minimum Gasteiger partial charge on any atom is -0.350 e. The maximum atomic E-state index is 12.2. The molecule has 2 atom stereocenters. The summed E-state index contributed by atoms with van der Waals surface area (Å²) in [6.07, 6.45) is 4.30. The van der Waals surface area contributed by atoms with E-state index >= 15 is 0 Å². The maximum absolute atomic E-state index is 12.2. The first kappa shape index (κ1) is 13.5. The first-order valence-electron chi connectivity index (χ1n) is 6.53. The molecule has 1 aliphatic heterocycles. The van der Waals surface area contributed by atoms with Crippen molar-refractivity contribution in [2.75, 3.05) is 6.54 Å². The lowest BCUT2D eigenvalue weighted by Crippen LogP contribution is -2.47. The topological polar surface area (TPSA) is 62.3 Å². The minimum atomic E-state index is -0.339. The molecule has 5 heteroatoms. The molecule has 1 unspecified atom stereocenters. The molecular formula is C14H19N3O2. The molecule has 0 spiro atoms. The van der Waals surface area contributed by atoms with Gasteiger partial charge < -0.3 is 10.2 Å². The van der Waals surface area contributed by atoms with Crippen LogP contribution in [0.1, 0.15) is 25.8 Å². The van der Waals surface area contributed by atoms with Crippen LogP contribution in [0.5, 0.6) is 0 Å². The van der Waals surface area contributed by atoms with Crippen LogP contribution in [0.3, 0.4) is 0 Å². The summed E-state index contributed by atoms with van der Waals surface area (Å²) in [7, 11) is 0. The Morgan fingerprint density at radius 2 is 2.32 bits per heavy atom. The lowest BCUT2D eigenvalue weighted by molar-refractivity contribution is -0.137. The van der Waals surface area contributed by atoms with E-state index in [4.69, 9.17) is 0 Å². The molecule has 1 N–H and O–H groups in total. The molecule has 5 nitrogen and oxygen atoms in total. The molecule has 0 aromatic carbocycles. The first-order chi connectivity index (χ1) is 9.09. The van der Waals surface area contributed by atoms with Crippen LogP contribution in [0.25, 0.3) is 0 Å². The molecule has 1 fully saturated rings. The summed E-state index contributed by atoms with van der Waals surface area (Å²) in [4.78, 5) is 29.4. The standard InChI is InChI=1S/C14H19N3O2/c1-10-5-7-17(11(2)18)13(10)14(19)16-9-12-4-3-6-15-8-12/h3-4,6,8,10,13H,5,7,9H2,1-2H3,(H,16,19)/t10-,13?/m0/s1. The summed E-state index contributed by atoms with van der Waals surface area (Å²) in [5.41, 5.74) is 0.955. The van der Waals surface area contributed by atoms with Gasteiger partial charge in [0.05, 0.1) is 0 Å². The van der Waals surface area contributed by atoms with E-state index in [0.29, 0.717) is 13.1 Å². The largest absolute Gasteiger partial charge is 0.350 e. The van der Waals surface area contributed by atoms with Crippen molar-refractivity contribution in [3.8, 4) is 0 Å². The second kappa shape index (κ2) is 5.82. The van der Waals surface area contributed by atoms with Crippen molar-refractivity contribution < 1.29 is 9.59 Å². The number of carbonyl (C=O) groups is 2. The molecule has 1 aromatic heterocycles. The van der Waals surface area contributed by atoms with E-state index in [1.165, 1.54) is 6.92 Å². The minimum absolute atomic E-state index is 0.0362. The number of hydrogen-bond acceptors (Lipinski definition) is 3. The highest BCUT2D eigenvalue weighted by Crippen LogP contribution is 2.24. The summed E-state index contributed by atoms with van der Waals surface area (Å²) in [5.74, 6) is 0.0905. The molecule has 1 saturated heterocycles. The van der Waals surface area contributed by atoms with E-state index in [0.717, 1.165) is 12.0 Å². The summed E-state index contributed by atoms with van der Waals surface area (Å²) in [6, 6.07) is 3.41. The molecule has 2 rings (SSSR count). The third kappa shape index (κ3) is 3.10. The van der Waals surface area contributed by atoms with Crippen molar-refractivity contribution in [3.05, 3.63) is 30.1 Å². The Balaban J connectivity index is 1.97. The summed E-state index contributed by atoms with van der Waals surface area (Å²) in [6.45, 7) is 4.64. The molecule has 0 aliphatic carbocycles. The number of likely N-dealkylation sites (tertiary alicyclic amines) is 1. The van der Waals surface area contributed by atoms with E-state index in [-0.39, 0.29) is 23.8 Å². The highest BCUT2D eigenvalue weighted by Gasteiger charge is 2.37. The Hall–Kier alpha value is -1.91. The van der Waals surface area contributed by atoms with Crippen LogP contribution in [0, 0.1) is 5.92 Å². The lowest BCUT2D eigenvalue weighted by Gasteiger charge is -2.24. The molecule has 0 saturated carbocycles. The van der Waals surface area contributed by atoms with E-state index in [2.05, 4.69) is 10.3 Å². The van der Waals surface area contributed by atoms with Gasteiger partial charge in [0.1, 0.15) is 6.04 Å². The molecule has 0 radical (unpaired) electrons. The van der Waals surface area contributed by atoms with Crippen molar-refractivity contribution in [1.82, 2.24) is 15.2 Å². The Kier molecular flexibility index (Phi) is 4.14. The Morgan fingerprint density at radius 1 is 1.53 bits per heavy atom. The second-order valence-corrected chi connectivity index (χ2v) is 5.00. The maximum Gasteiger partial charge on any atom is 0.243 e. The van der Waals surface area contributed by atoms with Gasteiger partial charge in [0, 0.05) is 32.4 Å². The Morgan fingerprint density at radius 3 is 2.95 bits per heavy atom. The molecular weight excluding hydrogens is 242 g/mol. The summed E-state index contributed by atoms with van der Waals surface area (Å²) >= 11 is 0. The van der Waals surface area contributed by atoms with E-state index < -0.39 is 0 Å². The van der Waals surface area contributed by atoms with Crippen molar-refractivity contribution >= 4 is 11.8 Å². The quantitative estimate of drug-likeness (QED) is 0.881. The average molecular weight is 261 g/mol. The van der Waals surface area contributed by atoms with Gasteiger partial charge in [-0.2, -0.15) is 0 Å². The van der Waals surface area contributed by atoms with Crippen molar-refractivity contribution in [2.45, 2.75) is 32.9 Å². The number of amides is 2. The van der Waals surface area contributed by atoms with Crippen molar-refractivity contribution in [2.24, 2.45) is 5.92 Å². The van der Waals surface area contributed by atoms with Crippen LogP contribution in [0.4, 0.5) is 0 Å². The smallest absolute Gasteiger partial charge is 0.243 e. The van der Waals surface area contributed by atoms with E-state index in [1.807, 2.05) is 19.1 Å². The highest BCUT2D eigenvalue weighted by atomic mass is 16.2. The fourth-order valence-corrected chi connectivity index (χ4v) is 2.50. The molecule has 102 valence electrons. The zero-order valence-electron chi connectivity index (χ0n) is 11.3. The van der Waals surface area contributed by atoms with Gasteiger partial charge in [-0.1, -0.05) is 13.0 Å². The fourth-order valence-electron chi connectivity index (χ4n) is 2.50. The van der Waals surface area contributed by atoms with Gasteiger partial charge in [-0.05, 0) is 24.0 Å². The third-order valence-corrected chi connectivity index (χ3v) is 3.56. The molecule has 2 amide bonds. The Labute approximate surface area is 113 Å². The predicted molar refractivity (Wildman–Crippen MR) is 71.0 cm³/mol. The average Bonchev–Trinajstić information content (AvgIpc) is 2.79. The zero-order chi connectivity index (χ0) is 13.8. The number of nitrogens with one attached hydrogen (secondary N) is 1.